The first kappa shape index (κ1) is 17.6. The molecule has 1 fully saturated rings. The molecule has 1 heterocycles. The number of carbonyl (C=O) groups is 2. The Morgan fingerprint density at radius 3 is 2.29 bits per heavy atom. The highest BCUT2D eigenvalue weighted by Gasteiger charge is 2.28. The van der Waals surface area contributed by atoms with Crippen LogP contribution >= 0.6 is 0 Å². The van der Waals surface area contributed by atoms with Crippen molar-refractivity contribution in [1.29, 1.82) is 0 Å². The summed E-state index contributed by atoms with van der Waals surface area (Å²) >= 11 is 0. The van der Waals surface area contributed by atoms with Crippen molar-refractivity contribution in [3.05, 3.63) is 0 Å². The fraction of sp³-hybridized carbons (Fsp3) is 0.846. The van der Waals surface area contributed by atoms with Gasteiger partial charge in [0.05, 0.1) is 12.6 Å². The third-order valence-electron chi connectivity index (χ3n) is 3.32. The van der Waals surface area contributed by atoms with Gasteiger partial charge in [-0.3, -0.25) is 4.79 Å². The summed E-state index contributed by atoms with van der Waals surface area (Å²) in [6.07, 6.45) is -1.88. The van der Waals surface area contributed by atoms with Gasteiger partial charge in [-0.25, -0.2) is 13.6 Å². The van der Waals surface area contributed by atoms with Gasteiger partial charge >= 0.3 is 6.09 Å². The standard InChI is InChI=1S/C13H23F2N3O3/c1-2-3-8-21-13(20)18-6-4-17(5-7-18)12(19)10(16)9-11(14)15/h10-11H,2-9,16H2,1H3/t10-/m0/s1. The quantitative estimate of drug-likeness (QED) is 0.744. The highest BCUT2D eigenvalue weighted by atomic mass is 19.3. The second-order valence-corrected chi connectivity index (χ2v) is 5.01. The van der Waals surface area contributed by atoms with Gasteiger partial charge < -0.3 is 20.3 Å². The van der Waals surface area contributed by atoms with Crippen LogP contribution in [0.15, 0.2) is 0 Å². The molecule has 0 unspecified atom stereocenters. The first-order chi connectivity index (χ1) is 9.95. The normalized spacial score (nSPS) is 17.0. The lowest BCUT2D eigenvalue weighted by atomic mass is 10.2. The van der Waals surface area contributed by atoms with E-state index in [0.717, 1.165) is 12.8 Å². The highest BCUT2D eigenvalue weighted by Crippen LogP contribution is 2.09. The number of ether oxygens (including phenoxy) is 1. The van der Waals surface area contributed by atoms with Crippen molar-refractivity contribution in [3.8, 4) is 0 Å². The number of halogens is 2. The largest absolute Gasteiger partial charge is 0.449 e. The Labute approximate surface area is 123 Å². The molecule has 1 atom stereocenters. The Morgan fingerprint density at radius 1 is 1.19 bits per heavy atom. The van der Waals surface area contributed by atoms with Gasteiger partial charge in [-0.05, 0) is 6.42 Å². The molecule has 0 aromatic carbocycles. The smallest absolute Gasteiger partial charge is 0.409 e. The molecular weight excluding hydrogens is 284 g/mol. The predicted octanol–water partition coefficient (Wildman–Crippen LogP) is 1.05. The Bertz CT molecular complexity index is 348. The molecule has 2 amide bonds. The van der Waals surface area contributed by atoms with Crippen LogP contribution in [0.3, 0.4) is 0 Å². The van der Waals surface area contributed by atoms with Crippen LogP contribution in [-0.4, -0.2) is 67.1 Å². The molecule has 8 heteroatoms. The summed E-state index contributed by atoms with van der Waals surface area (Å²) < 4.78 is 29.5. The van der Waals surface area contributed by atoms with Crippen LogP contribution < -0.4 is 5.73 Å². The molecule has 0 spiro atoms. The van der Waals surface area contributed by atoms with Crippen LogP contribution in [0.5, 0.6) is 0 Å². The van der Waals surface area contributed by atoms with Gasteiger partial charge in [0.1, 0.15) is 0 Å². The maximum absolute atomic E-state index is 12.2. The van der Waals surface area contributed by atoms with E-state index in [1.165, 1.54) is 9.80 Å². The van der Waals surface area contributed by atoms with Gasteiger partial charge in [-0.1, -0.05) is 13.3 Å². The monoisotopic (exact) mass is 307 g/mol. The van der Waals surface area contributed by atoms with E-state index in [-0.39, 0.29) is 0 Å². The SMILES string of the molecule is CCCCOC(=O)N1CCN(C(=O)[C@@H](N)CC(F)F)CC1. The molecule has 1 saturated heterocycles. The average molecular weight is 307 g/mol. The summed E-state index contributed by atoms with van der Waals surface area (Å²) in [6, 6.07) is -1.19. The molecule has 122 valence electrons. The minimum atomic E-state index is -2.60. The molecule has 6 nitrogen and oxygen atoms in total. The predicted molar refractivity (Wildman–Crippen MR) is 73.0 cm³/mol. The minimum Gasteiger partial charge on any atom is -0.449 e. The van der Waals surface area contributed by atoms with Crippen LogP contribution in [0.2, 0.25) is 0 Å². The first-order valence-electron chi connectivity index (χ1n) is 7.20. The molecule has 21 heavy (non-hydrogen) atoms. The van der Waals surface area contributed by atoms with Gasteiger partial charge in [-0.15, -0.1) is 0 Å². The molecule has 0 radical (unpaired) electrons. The first-order valence-corrected chi connectivity index (χ1v) is 7.20. The second kappa shape index (κ2) is 8.76. The van der Waals surface area contributed by atoms with Crippen molar-refractivity contribution in [1.82, 2.24) is 9.80 Å². The van der Waals surface area contributed by atoms with Crippen LogP contribution in [0.25, 0.3) is 0 Å². The van der Waals surface area contributed by atoms with Gasteiger partial charge in [0, 0.05) is 32.6 Å². The number of alkyl halides is 2. The number of hydrogen-bond acceptors (Lipinski definition) is 4. The summed E-state index contributed by atoms with van der Waals surface area (Å²) in [5.41, 5.74) is 5.45. The third kappa shape index (κ3) is 5.82. The molecule has 0 aliphatic carbocycles. The van der Waals surface area contributed by atoms with Crippen molar-refractivity contribution in [2.45, 2.75) is 38.7 Å². The minimum absolute atomic E-state index is 0.290. The number of nitrogens with zero attached hydrogens (tertiary/aromatic N) is 2. The fourth-order valence-electron chi connectivity index (χ4n) is 2.03. The Morgan fingerprint density at radius 2 is 1.76 bits per heavy atom. The molecule has 0 saturated carbocycles. The zero-order valence-corrected chi connectivity index (χ0v) is 12.3. The van der Waals surface area contributed by atoms with E-state index in [9.17, 15) is 18.4 Å². The molecule has 0 aromatic heterocycles. The summed E-state index contributed by atoms with van der Waals surface area (Å²) in [4.78, 5) is 26.5. The van der Waals surface area contributed by atoms with Crippen molar-refractivity contribution in [2.75, 3.05) is 32.8 Å². The second-order valence-electron chi connectivity index (χ2n) is 5.01. The Hall–Kier alpha value is -1.44. The van der Waals surface area contributed by atoms with Gasteiger partial charge in [0.2, 0.25) is 12.3 Å². The van der Waals surface area contributed by atoms with E-state index in [1.54, 1.807) is 0 Å². The van der Waals surface area contributed by atoms with Crippen molar-refractivity contribution >= 4 is 12.0 Å². The van der Waals surface area contributed by atoms with Crippen LogP contribution in [0.4, 0.5) is 13.6 Å². The van der Waals surface area contributed by atoms with E-state index in [1.807, 2.05) is 6.92 Å². The van der Waals surface area contributed by atoms with E-state index < -0.39 is 30.9 Å². The number of carbonyl (C=O) groups excluding carboxylic acids is 2. The van der Waals surface area contributed by atoms with E-state index in [2.05, 4.69) is 0 Å². The van der Waals surface area contributed by atoms with Crippen molar-refractivity contribution in [3.63, 3.8) is 0 Å². The number of rotatable bonds is 6. The lowest BCUT2D eigenvalue weighted by Gasteiger charge is -2.35. The molecule has 0 aromatic rings. The summed E-state index contributed by atoms with van der Waals surface area (Å²) in [5, 5.41) is 0. The van der Waals surface area contributed by atoms with Crippen LogP contribution in [0.1, 0.15) is 26.2 Å². The number of piperazine rings is 1. The number of nitrogens with two attached hydrogens (primary N) is 1. The molecule has 2 N–H and O–H groups in total. The molecule has 0 bridgehead atoms. The lowest BCUT2D eigenvalue weighted by Crippen LogP contribution is -2.54. The molecule has 1 aliphatic rings. The molecule has 1 rings (SSSR count). The maximum atomic E-state index is 12.2. The van der Waals surface area contributed by atoms with Crippen molar-refractivity contribution in [2.24, 2.45) is 5.73 Å². The summed E-state index contributed by atoms with van der Waals surface area (Å²) in [7, 11) is 0. The summed E-state index contributed by atoms with van der Waals surface area (Å²) in [5.74, 6) is -0.491. The van der Waals surface area contributed by atoms with Crippen LogP contribution in [-0.2, 0) is 9.53 Å². The van der Waals surface area contributed by atoms with E-state index in [0.29, 0.717) is 32.8 Å². The highest BCUT2D eigenvalue weighted by molar-refractivity contribution is 5.82. The zero-order chi connectivity index (χ0) is 15.8. The average Bonchev–Trinajstić information content (AvgIpc) is 2.46. The Kier molecular flexibility index (Phi) is 7.35. The van der Waals surface area contributed by atoms with Crippen molar-refractivity contribution < 1.29 is 23.1 Å². The van der Waals surface area contributed by atoms with E-state index >= 15 is 0 Å². The zero-order valence-electron chi connectivity index (χ0n) is 12.3. The number of amides is 2. The third-order valence-corrected chi connectivity index (χ3v) is 3.32. The fourth-order valence-corrected chi connectivity index (χ4v) is 2.03. The number of hydrogen-bond donors (Lipinski definition) is 1. The lowest BCUT2D eigenvalue weighted by molar-refractivity contribution is -0.135. The van der Waals surface area contributed by atoms with Gasteiger partial charge in [0.25, 0.3) is 0 Å². The topological polar surface area (TPSA) is 75.9 Å². The van der Waals surface area contributed by atoms with Gasteiger partial charge in [-0.2, -0.15) is 0 Å². The maximum Gasteiger partial charge on any atom is 0.409 e. The van der Waals surface area contributed by atoms with Crippen LogP contribution in [0, 0.1) is 0 Å². The van der Waals surface area contributed by atoms with E-state index in [4.69, 9.17) is 10.5 Å². The summed E-state index contributed by atoms with van der Waals surface area (Å²) in [6.45, 7) is 3.63. The molecule has 1 aliphatic heterocycles. The Balaban J connectivity index is 2.34. The van der Waals surface area contributed by atoms with Gasteiger partial charge in [0.15, 0.2) is 0 Å². The molecular formula is C13H23F2N3O3. The number of unbranched alkanes of at least 4 members (excludes halogenated alkanes) is 1.